The molecule has 8 nitrogen and oxygen atoms in total. The summed E-state index contributed by atoms with van der Waals surface area (Å²) < 4.78 is 5.12. The van der Waals surface area contributed by atoms with Crippen molar-refractivity contribution >= 4 is 17.3 Å². The number of ether oxygens (including phenoxy) is 1. The van der Waals surface area contributed by atoms with Crippen molar-refractivity contribution in [2.45, 2.75) is 26.2 Å². The number of piperidine rings is 1. The van der Waals surface area contributed by atoms with Crippen molar-refractivity contribution in [1.82, 2.24) is 9.80 Å². The summed E-state index contributed by atoms with van der Waals surface area (Å²) in [5, 5.41) is 3.18. The van der Waals surface area contributed by atoms with Crippen LogP contribution in [0.15, 0.2) is 9.59 Å². The molecule has 1 N–H and O–H groups in total. The Hall–Kier alpha value is -1.93. The van der Waals surface area contributed by atoms with Gasteiger partial charge >= 0.3 is 5.97 Å². The van der Waals surface area contributed by atoms with Crippen molar-refractivity contribution in [2.75, 3.05) is 76.2 Å². The standard InChI is InChI=1S/C20H32N4O4/c1-3-28-20(27)15-6-4-9-24(14-15)17-16(18(25)19(17)26)21-7-5-8-23-12-10-22(2)11-13-23/h15,21H,3-14H2,1-2H3/t15-/m0/s1. The van der Waals surface area contributed by atoms with E-state index in [2.05, 4.69) is 22.2 Å². The molecule has 0 radical (unpaired) electrons. The number of esters is 1. The van der Waals surface area contributed by atoms with Crippen LogP contribution in [0.1, 0.15) is 26.2 Å². The second-order valence-electron chi connectivity index (χ2n) is 7.84. The van der Waals surface area contributed by atoms with Crippen LogP contribution in [0.4, 0.5) is 11.4 Å². The largest absolute Gasteiger partial charge is 0.466 e. The summed E-state index contributed by atoms with van der Waals surface area (Å²) in [5.74, 6) is -0.448. The van der Waals surface area contributed by atoms with Crippen LogP contribution in [0, 0.1) is 5.92 Å². The van der Waals surface area contributed by atoms with E-state index >= 15 is 0 Å². The van der Waals surface area contributed by atoms with Gasteiger partial charge in [-0.25, -0.2) is 0 Å². The summed E-state index contributed by atoms with van der Waals surface area (Å²) in [6.45, 7) is 9.26. The second-order valence-corrected chi connectivity index (χ2v) is 7.84. The highest BCUT2D eigenvalue weighted by Crippen LogP contribution is 2.27. The Morgan fingerprint density at radius 1 is 1.14 bits per heavy atom. The molecule has 0 saturated carbocycles. The maximum atomic E-state index is 12.2. The van der Waals surface area contributed by atoms with Crippen LogP contribution in [0.25, 0.3) is 0 Å². The highest BCUT2D eigenvalue weighted by Gasteiger charge is 2.32. The normalized spacial score (nSPS) is 21.8. The molecule has 1 aromatic carbocycles. The van der Waals surface area contributed by atoms with Gasteiger partial charge in [-0.15, -0.1) is 0 Å². The van der Waals surface area contributed by atoms with Gasteiger partial charge in [0.05, 0.1) is 12.5 Å². The summed E-state index contributed by atoms with van der Waals surface area (Å²) in [5.41, 5.74) is 0.00501. The number of rotatable bonds is 8. The van der Waals surface area contributed by atoms with Gasteiger partial charge in [0.1, 0.15) is 11.4 Å². The number of anilines is 2. The first-order valence-electron chi connectivity index (χ1n) is 10.4. The molecule has 2 saturated heterocycles. The number of carbonyl (C=O) groups excluding carboxylic acids is 1. The molecule has 3 rings (SSSR count). The number of nitrogens with one attached hydrogen (secondary N) is 1. The van der Waals surface area contributed by atoms with Crippen LogP contribution in [0.5, 0.6) is 0 Å². The first-order valence-corrected chi connectivity index (χ1v) is 10.4. The molecule has 28 heavy (non-hydrogen) atoms. The predicted molar refractivity (Wildman–Crippen MR) is 110 cm³/mol. The van der Waals surface area contributed by atoms with Gasteiger partial charge < -0.3 is 24.8 Å². The third-order valence-corrected chi connectivity index (χ3v) is 5.79. The van der Waals surface area contributed by atoms with Crippen LogP contribution < -0.4 is 21.1 Å². The molecule has 0 unspecified atom stereocenters. The van der Waals surface area contributed by atoms with Gasteiger partial charge in [-0.3, -0.25) is 14.4 Å². The zero-order valence-corrected chi connectivity index (χ0v) is 17.0. The monoisotopic (exact) mass is 392 g/mol. The first-order chi connectivity index (χ1) is 13.5. The zero-order chi connectivity index (χ0) is 20.1. The highest BCUT2D eigenvalue weighted by atomic mass is 16.5. The molecule has 2 fully saturated rings. The Labute approximate surface area is 166 Å². The summed E-state index contributed by atoms with van der Waals surface area (Å²) in [6.07, 6.45) is 2.50. The molecule has 1 atom stereocenters. The number of hydrogen-bond acceptors (Lipinski definition) is 8. The van der Waals surface area contributed by atoms with Crippen LogP contribution in [0.3, 0.4) is 0 Å². The molecular formula is C20H32N4O4. The molecule has 2 aliphatic rings. The molecule has 2 heterocycles. The second kappa shape index (κ2) is 9.52. The summed E-state index contributed by atoms with van der Waals surface area (Å²) >= 11 is 0. The minimum Gasteiger partial charge on any atom is -0.466 e. The number of hydrogen-bond donors (Lipinski definition) is 1. The minimum absolute atomic E-state index is 0.215. The average Bonchev–Trinajstić information content (AvgIpc) is 2.71. The molecule has 1 aromatic rings. The van der Waals surface area contributed by atoms with Gasteiger partial charge in [0.2, 0.25) is 0 Å². The Balaban J connectivity index is 1.51. The van der Waals surface area contributed by atoms with Crippen LogP contribution in [-0.2, 0) is 9.53 Å². The molecular weight excluding hydrogens is 360 g/mol. The van der Waals surface area contributed by atoms with E-state index in [4.69, 9.17) is 4.74 Å². The van der Waals surface area contributed by atoms with Crippen LogP contribution >= 0.6 is 0 Å². The van der Waals surface area contributed by atoms with E-state index in [0.717, 1.165) is 52.0 Å². The number of carbonyl (C=O) groups is 1. The van der Waals surface area contributed by atoms with E-state index in [-0.39, 0.29) is 11.9 Å². The zero-order valence-electron chi connectivity index (χ0n) is 17.0. The lowest BCUT2D eigenvalue weighted by atomic mass is 9.96. The fourth-order valence-corrected chi connectivity index (χ4v) is 4.07. The van der Waals surface area contributed by atoms with E-state index < -0.39 is 10.9 Å². The average molecular weight is 393 g/mol. The van der Waals surface area contributed by atoms with Crippen molar-refractivity contribution in [1.29, 1.82) is 0 Å². The van der Waals surface area contributed by atoms with Crippen LogP contribution in [0.2, 0.25) is 0 Å². The Morgan fingerprint density at radius 2 is 1.89 bits per heavy atom. The van der Waals surface area contributed by atoms with Gasteiger partial charge in [-0.2, -0.15) is 0 Å². The lowest BCUT2D eigenvalue weighted by Crippen LogP contribution is -2.48. The minimum atomic E-state index is -0.439. The maximum Gasteiger partial charge on any atom is 0.310 e. The van der Waals surface area contributed by atoms with E-state index in [1.54, 1.807) is 6.92 Å². The van der Waals surface area contributed by atoms with Gasteiger partial charge in [0, 0.05) is 45.8 Å². The Kier molecular flexibility index (Phi) is 7.07. The van der Waals surface area contributed by atoms with Crippen molar-refractivity contribution in [3.8, 4) is 0 Å². The third-order valence-electron chi connectivity index (χ3n) is 5.79. The Bertz CT molecular complexity index is 735. The molecule has 8 heteroatoms. The van der Waals surface area contributed by atoms with Crippen molar-refractivity contribution < 1.29 is 9.53 Å². The fourth-order valence-electron chi connectivity index (χ4n) is 4.07. The summed E-state index contributed by atoms with van der Waals surface area (Å²) in [7, 11) is 2.14. The molecule has 0 aromatic heterocycles. The summed E-state index contributed by atoms with van der Waals surface area (Å²) in [4.78, 5) is 42.9. The van der Waals surface area contributed by atoms with E-state index in [0.29, 0.717) is 37.6 Å². The van der Waals surface area contributed by atoms with Gasteiger partial charge in [-0.1, -0.05) is 0 Å². The SMILES string of the molecule is CCOC(=O)[C@H]1CCCN(c2c(NCCCN3CCN(C)CC3)c(=O)c2=O)C1. The maximum absolute atomic E-state index is 12.2. The molecule has 0 bridgehead atoms. The fraction of sp³-hybridized carbons (Fsp3) is 0.750. The van der Waals surface area contributed by atoms with E-state index in [9.17, 15) is 14.4 Å². The lowest BCUT2D eigenvalue weighted by molar-refractivity contribution is -0.148. The number of likely N-dealkylation sites (N-methyl/N-ethyl adjacent to an activating group) is 1. The molecule has 156 valence electrons. The smallest absolute Gasteiger partial charge is 0.310 e. The number of piperazine rings is 1. The molecule has 0 spiro atoms. The molecule has 0 aliphatic carbocycles. The number of nitrogens with zero attached hydrogens (tertiary/aromatic N) is 3. The lowest BCUT2D eigenvalue weighted by Gasteiger charge is -2.34. The van der Waals surface area contributed by atoms with Gasteiger partial charge in [0.15, 0.2) is 0 Å². The van der Waals surface area contributed by atoms with E-state index in [1.807, 2.05) is 4.90 Å². The Morgan fingerprint density at radius 3 is 2.61 bits per heavy atom. The van der Waals surface area contributed by atoms with Crippen molar-refractivity contribution in [2.24, 2.45) is 5.92 Å². The predicted octanol–water partition coefficient (Wildman–Crippen LogP) is 0.112. The third kappa shape index (κ3) is 4.72. The highest BCUT2D eigenvalue weighted by molar-refractivity contribution is 5.78. The van der Waals surface area contributed by atoms with Crippen molar-refractivity contribution in [3.63, 3.8) is 0 Å². The van der Waals surface area contributed by atoms with Crippen molar-refractivity contribution in [3.05, 3.63) is 20.4 Å². The van der Waals surface area contributed by atoms with E-state index in [1.165, 1.54) is 0 Å². The van der Waals surface area contributed by atoms with Crippen LogP contribution in [-0.4, -0.2) is 81.8 Å². The topological polar surface area (TPSA) is 82.2 Å². The van der Waals surface area contributed by atoms with Gasteiger partial charge in [0.25, 0.3) is 10.9 Å². The quantitative estimate of drug-likeness (QED) is 0.379. The first kappa shape index (κ1) is 20.8. The summed E-state index contributed by atoms with van der Waals surface area (Å²) in [6, 6.07) is 0. The molecule has 2 aliphatic heterocycles. The molecule has 0 amide bonds. The van der Waals surface area contributed by atoms with Gasteiger partial charge in [-0.05, 0) is 39.8 Å².